The van der Waals surface area contributed by atoms with Gasteiger partial charge in [0.15, 0.2) is 6.10 Å². The molecule has 3 rings (SSSR count). The number of carbonyl (C=O) groups is 2. The highest BCUT2D eigenvalue weighted by Crippen LogP contribution is 2.30. The molecule has 2 heterocycles. The molecule has 1 aromatic carbocycles. The molecule has 2 aliphatic rings. The van der Waals surface area contributed by atoms with Gasteiger partial charge in [-0.25, -0.2) is 13.6 Å². The molecular formula is C21H24F2N2O5. The van der Waals surface area contributed by atoms with Crippen molar-refractivity contribution in [2.45, 2.75) is 57.0 Å². The van der Waals surface area contributed by atoms with Crippen LogP contribution in [0, 0.1) is 11.6 Å². The summed E-state index contributed by atoms with van der Waals surface area (Å²) in [5, 5.41) is 6.60. The fourth-order valence-electron chi connectivity index (χ4n) is 3.22. The zero-order valence-corrected chi connectivity index (χ0v) is 17.0. The highest BCUT2D eigenvalue weighted by molar-refractivity contribution is 6.06. The molecule has 7 nitrogen and oxygen atoms in total. The van der Waals surface area contributed by atoms with Crippen LogP contribution >= 0.6 is 0 Å². The molecule has 2 aliphatic heterocycles. The first-order valence-electron chi connectivity index (χ1n) is 9.52. The van der Waals surface area contributed by atoms with Gasteiger partial charge in [0, 0.05) is 24.5 Å². The molecule has 30 heavy (non-hydrogen) atoms. The van der Waals surface area contributed by atoms with Crippen molar-refractivity contribution in [2.75, 3.05) is 6.61 Å². The highest BCUT2D eigenvalue weighted by atomic mass is 19.1. The van der Waals surface area contributed by atoms with Crippen LogP contribution in [-0.4, -0.2) is 47.5 Å². The van der Waals surface area contributed by atoms with Gasteiger partial charge in [0.25, 0.3) is 5.91 Å². The monoisotopic (exact) mass is 422 g/mol. The van der Waals surface area contributed by atoms with E-state index in [9.17, 15) is 18.4 Å². The molecule has 1 aromatic rings. The minimum Gasteiger partial charge on any atom is -0.458 e. The van der Waals surface area contributed by atoms with Crippen molar-refractivity contribution in [3.05, 3.63) is 48.1 Å². The van der Waals surface area contributed by atoms with E-state index in [1.807, 2.05) is 0 Å². The molecule has 9 heteroatoms. The van der Waals surface area contributed by atoms with Gasteiger partial charge in [-0.1, -0.05) is 11.7 Å². The SMILES string of the molecule is C=C[C@]1(C(=O)NC2COC(C(=O)OC(C)(C)C)C2)CC(c2cc(F)cc(F)c2)=NO1. The lowest BCUT2D eigenvalue weighted by Gasteiger charge is -2.23. The van der Waals surface area contributed by atoms with Crippen LogP contribution in [0.5, 0.6) is 0 Å². The largest absolute Gasteiger partial charge is 0.458 e. The van der Waals surface area contributed by atoms with E-state index >= 15 is 0 Å². The van der Waals surface area contributed by atoms with Crippen LogP contribution in [0.3, 0.4) is 0 Å². The van der Waals surface area contributed by atoms with Gasteiger partial charge < -0.3 is 19.6 Å². The summed E-state index contributed by atoms with van der Waals surface area (Å²) < 4.78 is 37.8. The Morgan fingerprint density at radius 1 is 1.30 bits per heavy atom. The number of halogens is 2. The van der Waals surface area contributed by atoms with Gasteiger partial charge in [-0.2, -0.15) is 0 Å². The molecule has 1 saturated heterocycles. The number of carbonyl (C=O) groups excluding carboxylic acids is 2. The van der Waals surface area contributed by atoms with E-state index in [1.54, 1.807) is 20.8 Å². The van der Waals surface area contributed by atoms with Crippen molar-refractivity contribution in [3.8, 4) is 0 Å². The first-order valence-corrected chi connectivity index (χ1v) is 9.52. The topological polar surface area (TPSA) is 86.2 Å². The summed E-state index contributed by atoms with van der Waals surface area (Å²) in [5.74, 6) is -2.55. The number of amides is 1. The zero-order chi connectivity index (χ0) is 22.1. The van der Waals surface area contributed by atoms with Gasteiger partial charge >= 0.3 is 5.97 Å². The maximum atomic E-state index is 13.5. The van der Waals surface area contributed by atoms with Crippen molar-refractivity contribution < 1.29 is 32.7 Å². The molecule has 3 atom stereocenters. The van der Waals surface area contributed by atoms with Gasteiger partial charge in [-0.15, -0.1) is 0 Å². The lowest BCUT2D eigenvalue weighted by atomic mass is 9.92. The van der Waals surface area contributed by atoms with Crippen molar-refractivity contribution in [2.24, 2.45) is 5.16 Å². The predicted molar refractivity (Wildman–Crippen MR) is 104 cm³/mol. The van der Waals surface area contributed by atoms with E-state index in [2.05, 4.69) is 17.1 Å². The first kappa shape index (κ1) is 21.9. The summed E-state index contributed by atoms with van der Waals surface area (Å²) in [7, 11) is 0. The number of benzene rings is 1. The Hall–Kier alpha value is -2.81. The van der Waals surface area contributed by atoms with Crippen LogP contribution < -0.4 is 5.32 Å². The average Bonchev–Trinajstić information content (AvgIpc) is 3.27. The Bertz CT molecular complexity index is 876. The second kappa shape index (κ2) is 8.14. The number of oxime groups is 1. The third-order valence-corrected chi connectivity index (χ3v) is 4.66. The number of rotatable bonds is 5. The fraction of sp³-hybridized carbons (Fsp3) is 0.476. The average molecular weight is 422 g/mol. The normalized spacial score (nSPS) is 26.0. The van der Waals surface area contributed by atoms with Crippen molar-refractivity contribution >= 4 is 17.6 Å². The Labute approximate surface area is 173 Å². The fourth-order valence-corrected chi connectivity index (χ4v) is 3.22. The molecule has 0 bridgehead atoms. The third kappa shape index (κ3) is 4.84. The summed E-state index contributed by atoms with van der Waals surface area (Å²) in [6.45, 7) is 9.04. The van der Waals surface area contributed by atoms with Crippen LogP contribution in [0.1, 0.15) is 39.2 Å². The van der Waals surface area contributed by atoms with Gasteiger partial charge in [0.1, 0.15) is 17.2 Å². The minimum absolute atomic E-state index is 0.0473. The molecule has 0 radical (unpaired) electrons. The van der Waals surface area contributed by atoms with Crippen molar-refractivity contribution in [3.63, 3.8) is 0 Å². The Balaban J connectivity index is 1.62. The zero-order valence-electron chi connectivity index (χ0n) is 17.0. The number of nitrogens with one attached hydrogen (secondary N) is 1. The van der Waals surface area contributed by atoms with E-state index in [0.29, 0.717) is 0 Å². The highest BCUT2D eigenvalue weighted by Gasteiger charge is 2.46. The smallest absolute Gasteiger partial charge is 0.335 e. The van der Waals surface area contributed by atoms with Gasteiger partial charge in [0.05, 0.1) is 18.4 Å². The molecule has 1 N–H and O–H groups in total. The van der Waals surface area contributed by atoms with Gasteiger partial charge in [-0.3, -0.25) is 4.79 Å². The third-order valence-electron chi connectivity index (χ3n) is 4.66. The predicted octanol–water partition coefficient (Wildman–Crippen LogP) is 2.63. The second-order valence-corrected chi connectivity index (χ2v) is 8.32. The lowest BCUT2D eigenvalue weighted by molar-refractivity contribution is -0.165. The standard InChI is InChI=1S/C21H24F2N2O5/c1-5-21(10-16(25-30-21)12-6-13(22)8-14(23)7-12)19(27)24-15-9-17(28-11-15)18(26)29-20(2,3)4/h5-8,15,17H,1,9-11H2,2-4H3,(H,24,27)/t15?,17?,21-/m1/s1. The summed E-state index contributed by atoms with van der Waals surface area (Å²) >= 11 is 0. The molecule has 2 unspecified atom stereocenters. The Morgan fingerprint density at radius 2 is 1.97 bits per heavy atom. The summed E-state index contributed by atoms with van der Waals surface area (Å²) in [6.07, 6.45) is 0.710. The molecule has 1 amide bonds. The summed E-state index contributed by atoms with van der Waals surface area (Å²) in [5.41, 5.74) is -1.77. The quantitative estimate of drug-likeness (QED) is 0.582. The Kier molecular flexibility index (Phi) is 5.94. The van der Waals surface area contributed by atoms with Crippen LogP contribution in [-0.2, 0) is 23.9 Å². The molecule has 0 saturated carbocycles. The number of ether oxygens (including phenoxy) is 2. The maximum Gasteiger partial charge on any atom is 0.335 e. The lowest BCUT2D eigenvalue weighted by Crippen LogP contribution is -2.49. The van der Waals surface area contributed by atoms with Crippen molar-refractivity contribution in [1.82, 2.24) is 5.32 Å². The van der Waals surface area contributed by atoms with Gasteiger partial charge in [-0.05, 0) is 39.0 Å². The number of hydrogen-bond donors (Lipinski definition) is 1. The molecule has 162 valence electrons. The van der Waals surface area contributed by atoms with E-state index in [0.717, 1.165) is 18.2 Å². The van der Waals surface area contributed by atoms with Crippen LogP contribution in [0.25, 0.3) is 0 Å². The number of hydrogen-bond acceptors (Lipinski definition) is 6. The first-order chi connectivity index (χ1) is 14.0. The molecular weight excluding hydrogens is 398 g/mol. The van der Waals surface area contributed by atoms with Crippen molar-refractivity contribution in [1.29, 1.82) is 0 Å². The van der Waals surface area contributed by atoms with E-state index in [4.69, 9.17) is 14.3 Å². The van der Waals surface area contributed by atoms with Crippen LogP contribution in [0.4, 0.5) is 8.78 Å². The second-order valence-electron chi connectivity index (χ2n) is 8.32. The maximum absolute atomic E-state index is 13.5. The van der Waals surface area contributed by atoms with Gasteiger partial charge in [0.2, 0.25) is 5.60 Å². The molecule has 0 aliphatic carbocycles. The van der Waals surface area contributed by atoms with E-state index < -0.39 is 46.9 Å². The summed E-state index contributed by atoms with van der Waals surface area (Å²) in [6, 6.07) is 2.53. The van der Waals surface area contributed by atoms with Crippen LogP contribution in [0.15, 0.2) is 36.0 Å². The van der Waals surface area contributed by atoms with Crippen LogP contribution in [0.2, 0.25) is 0 Å². The molecule has 0 aromatic heterocycles. The number of nitrogens with zero attached hydrogens (tertiary/aromatic N) is 1. The van der Waals surface area contributed by atoms with E-state index in [1.165, 1.54) is 6.08 Å². The Morgan fingerprint density at radius 3 is 2.57 bits per heavy atom. The summed E-state index contributed by atoms with van der Waals surface area (Å²) in [4.78, 5) is 30.3. The minimum atomic E-state index is -1.53. The molecule has 0 spiro atoms. The number of esters is 1. The molecule has 1 fully saturated rings. The van der Waals surface area contributed by atoms with E-state index in [-0.39, 0.29) is 30.7 Å².